The molecular weight excluding hydrogens is 330 g/mol. The van der Waals surface area contributed by atoms with Crippen molar-refractivity contribution in [3.8, 4) is 0 Å². The quantitative estimate of drug-likeness (QED) is 0.737. The Kier molecular flexibility index (Phi) is 4.79. The smallest absolute Gasteiger partial charge is 0.252 e. The van der Waals surface area contributed by atoms with Crippen molar-refractivity contribution in [3.63, 3.8) is 0 Å². The van der Waals surface area contributed by atoms with Crippen molar-refractivity contribution in [2.75, 3.05) is 13.1 Å². The Morgan fingerprint density at radius 3 is 3.04 bits per heavy atom. The number of carbonyl (C=O) groups is 1. The van der Waals surface area contributed by atoms with Crippen molar-refractivity contribution in [3.05, 3.63) is 72.2 Å². The first-order valence-electron chi connectivity index (χ1n) is 8.75. The Morgan fingerprint density at radius 1 is 1.27 bits per heavy atom. The first-order valence-corrected chi connectivity index (χ1v) is 8.75. The van der Waals surface area contributed by atoms with Crippen LogP contribution in [-0.2, 0) is 13.1 Å². The maximum atomic E-state index is 12.2. The molecule has 4 rings (SSSR count). The summed E-state index contributed by atoms with van der Waals surface area (Å²) in [6.07, 6.45) is 7.59. The average molecular weight is 351 g/mol. The van der Waals surface area contributed by atoms with E-state index in [0.29, 0.717) is 12.1 Å². The zero-order chi connectivity index (χ0) is 17.8. The van der Waals surface area contributed by atoms with Crippen LogP contribution in [0.1, 0.15) is 34.3 Å². The van der Waals surface area contributed by atoms with Crippen LogP contribution in [0.5, 0.6) is 0 Å². The Bertz CT molecular complexity index is 844. The summed E-state index contributed by atoms with van der Waals surface area (Å²) in [7, 11) is 0. The lowest BCUT2D eigenvalue weighted by atomic mass is 10.1. The SMILES string of the molecule is O=C(NCC[C@H]1CN(Cc2ccco2)Cc2ccnn21)c1cccnc1. The fraction of sp³-hybridized carbons (Fsp3) is 0.316. The van der Waals surface area contributed by atoms with Crippen LogP contribution in [0, 0.1) is 0 Å². The van der Waals surface area contributed by atoms with Crippen LogP contribution < -0.4 is 5.32 Å². The van der Waals surface area contributed by atoms with Gasteiger partial charge in [0.15, 0.2) is 0 Å². The zero-order valence-corrected chi connectivity index (χ0v) is 14.4. The van der Waals surface area contributed by atoms with Crippen LogP contribution >= 0.6 is 0 Å². The minimum atomic E-state index is -0.0953. The number of nitrogens with one attached hydrogen (secondary N) is 1. The summed E-state index contributed by atoms with van der Waals surface area (Å²) in [4.78, 5) is 18.5. The van der Waals surface area contributed by atoms with E-state index in [2.05, 4.69) is 31.0 Å². The van der Waals surface area contributed by atoms with Crippen molar-refractivity contribution in [2.45, 2.75) is 25.6 Å². The lowest BCUT2D eigenvalue weighted by molar-refractivity contribution is 0.0946. The summed E-state index contributed by atoms with van der Waals surface area (Å²) in [5, 5.41) is 7.44. The summed E-state index contributed by atoms with van der Waals surface area (Å²) < 4.78 is 7.55. The predicted molar refractivity (Wildman–Crippen MR) is 95.3 cm³/mol. The highest BCUT2D eigenvalue weighted by Crippen LogP contribution is 2.24. The third kappa shape index (κ3) is 3.67. The molecule has 0 bridgehead atoms. The number of nitrogens with zero attached hydrogens (tertiary/aromatic N) is 4. The molecule has 3 aromatic heterocycles. The highest BCUT2D eigenvalue weighted by Gasteiger charge is 2.25. The van der Waals surface area contributed by atoms with E-state index in [-0.39, 0.29) is 11.9 Å². The zero-order valence-electron chi connectivity index (χ0n) is 14.4. The Hall–Kier alpha value is -2.93. The summed E-state index contributed by atoms with van der Waals surface area (Å²) in [6, 6.07) is 9.70. The number of amides is 1. The highest BCUT2D eigenvalue weighted by atomic mass is 16.3. The molecule has 0 radical (unpaired) electrons. The molecule has 0 spiro atoms. The number of carbonyl (C=O) groups excluding carboxylic acids is 1. The molecule has 1 aliphatic rings. The number of fused-ring (bicyclic) bond motifs is 1. The van der Waals surface area contributed by atoms with E-state index in [9.17, 15) is 4.79 Å². The van der Waals surface area contributed by atoms with Gasteiger partial charge in [-0.1, -0.05) is 0 Å². The molecule has 1 amide bonds. The third-order valence-corrected chi connectivity index (χ3v) is 4.60. The molecular formula is C19H21N5O2. The largest absolute Gasteiger partial charge is 0.468 e. The molecule has 134 valence electrons. The van der Waals surface area contributed by atoms with Gasteiger partial charge in [-0.05, 0) is 36.8 Å². The maximum Gasteiger partial charge on any atom is 0.252 e. The summed E-state index contributed by atoms with van der Waals surface area (Å²) in [5.74, 6) is 0.864. The third-order valence-electron chi connectivity index (χ3n) is 4.60. The molecule has 0 aliphatic carbocycles. The monoisotopic (exact) mass is 351 g/mol. The number of hydrogen-bond donors (Lipinski definition) is 1. The number of furan rings is 1. The van der Waals surface area contributed by atoms with E-state index in [1.807, 2.05) is 18.3 Å². The van der Waals surface area contributed by atoms with Crippen molar-refractivity contribution in [2.24, 2.45) is 0 Å². The van der Waals surface area contributed by atoms with Gasteiger partial charge in [-0.2, -0.15) is 5.10 Å². The molecule has 7 heteroatoms. The minimum Gasteiger partial charge on any atom is -0.468 e. The highest BCUT2D eigenvalue weighted by molar-refractivity contribution is 5.93. The Labute approximate surface area is 151 Å². The first kappa shape index (κ1) is 16.5. The lowest BCUT2D eigenvalue weighted by Crippen LogP contribution is -2.38. The predicted octanol–water partition coefficient (Wildman–Crippen LogP) is 2.25. The van der Waals surface area contributed by atoms with Crippen LogP contribution in [-0.4, -0.2) is 38.7 Å². The van der Waals surface area contributed by atoms with Gasteiger partial charge in [-0.25, -0.2) is 0 Å². The number of pyridine rings is 1. The van der Waals surface area contributed by atoms with Gasteiger partial charge >= 0.3 is 0 Å². The van der Waals surface area contributed by atoms with Crippen LogP contribution in [0.3, 0.4) is 0 Å². The van der Waals surface area contributed by atoms with E-state index in [0.717, 1.165) is 31.8 Å². The van der Waals surface area contributed by atoms with Gasteiger partial charge in [0.2, 0.25) is 0 Å². The van der Waals surface area contributed by atoms with Crippen molar-refractivity contribution < 1.29 is 9.21 Å². The van der Waals surface area contributed by atoms with Crippen molar-refractivity contribution in [1.29, 1.82) is 0 Å². The molecule has 0 fully saturated rings. The molecule has 0 saturated carbocycles. The second kappa shape index (κ2) is 7.53. The number of hydrogen-bond acceptors (Lipinski definition) is 5. The fourth-order valence-corrected chi connectivity index (χ4v) is 3.37. The second-order valence-electron chi connectivity index (χ2n) is 6.46. The van der Waals surface area contributed by atoms with Gasteiger partial charge in [0.25, 0.3) is 5.91 Å². The number of aromatic nitrogens is 3. The molecule has 0 aromatic carbocycles. The van der Waals surface area contributed by atoms with Gasteiger partial charge in [-0.3, -0.25) is 19.4 Å². The van der Waals surface area contributed by atoms with Crippen LogP contribution in [0.25, 0.3) is 0 Å². The van der Waals surface area contributed by atoms with E-state index >= 15 is 0 Å². The fourth-order valence-electron chi connectivity index (χ4n) is 3.37. The molecule has 26 heavy (non-hydrogen) atoms. The van der Waals surface area contributed by atoms with Crippen LogP contribution in [0.15, 0.2) is 59.6 Å². The second-order valence-corrected chi connectivity index (χ2v) is 6.46. The molecule has 0 saturated heterocycles. The number of rotatable bonds is 6. The summed E-state index contributed by atoms with van der Waals surface area (Å²) in [5.41, 5.74) is 1.77. The summed E-state index contributed by atoms with van der Waals surface area (Å²) >= 11 is 0. The summed E-state index contributed by atoms with van der Waals surface area (Å²) in [6.45, 7) is 3.08. The molecule has 1 aliphatic heterocycles. The van der Waals surface area contributed by atoms with Crippen molar-refractivity contribution >= 4 is 5.91 Å². The molecule has 4 heterocycles. The normalized spacial score (nSPS) is 17.0. The van der Waals surface area contributed by atoms with Gasteiger partial charge in [0.1, 0.15) is 5.76 Å². The first-order chi connectivity index (χ1) is 12.8. The molecule has 1 N–H and O–H groups in total. The molecule has 7 nitrogen and oxygen atoms in total. The average Bonchev–Trinajstić information content (AvgIpc) is 3.34. The Morgan fingerprint density at radius 2 is 2.23 bits per heavy atom. The standard InChI is InChI=1S/C19H21N5O2/c25-19(15-3-1-7-20-11-15)21-8-5-16-12-23(14-18-4-2-10-26-18)13-17-6-9-22-24(16)17/h1-4,6-7,9-11,16H,5,8,12-14H2,(H,21,25)/t16-/m0/s1. The van der Waals surface area contributed by atoms with Gasteiger partial charge in [0.05, 0.1) is 30.1 Å². The van der Waals surface area contributed by atoms with Gasteiger partial charge < -0.3 is 9.73 Å². The van der Waals surface area contributed by atoms with Gasteiger partial charge in [-0.15, -0.1) is 0 Å². The van der Waals surface area contributed by atoms with E-state index in [1.165, 1.54) is 5.69 Å². The topological polar surface area (TPSA) is 76.2 Å². The van der Waals surface area contributed by atoms with Crippen LogP contribution in [0.4, 0.5) is 0 Å². The van der Waals surface area contributed by atoms with E-state index < -0.39 is 0 Å². The minimum absolute atomic E-state index is 0.0953. The maximum absolute atomic E-state index is 12.2. The molecule has 0 unspecified atom stereocenters. The molecule has 1 atom stereocenters. The van der Waals surface area contributed by atoms with E-state index in [1.54, 1.807) is 30.8 Å². The lowest BCUT2D eigenvalue weighted by Gasteiger charge is -2.33. The Balaban J connectivity index is 1.37. The van der Waals surface area contributed by atoms with Gasteiger partial charge in [0, 0.05) is 38.2 Å². The van der Waals surface area contributed by atoms with Crippen molar-refractivity contribution in [1.82, 2.24) is 25.0 Å². The van der Waals surface area contributed by atoms with Crippen LogP contribution in [0.2, 0.25) is 0 Å². The van der Waals surface area contributed by atoms with E-state index in [4.69, 9.17) is 4.42 Å². The molecule has 3 aromatic rings.